The summed E-state index contributed by atoms with van der Waals surface area (Å²) >= 11 is 0. The summed E-state index contributed by atoms with van der Waals surface area (Å²) in [5.41, 5.74) is 5.06. The predicted molar refractivity (Wildman–Crippen MR) is 60.4 cm³/mol. The second-order valence-corrected chi connectivity index (χ2v) is 2.96. The molecule has 1 aromatic heterocycles. The SMILES string of the molecule is CON.Cc1ccc(OC(F)(F)F)nc1C(N)=O.N. The summed E-state index contributed by atoms with van der Waals surface area (Å²) in [6, 6.07) is 2.28. The van der Waals surface area contributed by atoms with Crippen LogP contribution in [0.3, 0.4) is 0 Å². The van der Waals surface area contributed by atoms with Gasteiger partial charge in [0.05, 0.1) is 7.11 Å². The summed E-state index contributed by atoms with van der Waals surface area (Å²) in [7, 11) is 1.40. The molecular formula is C9H15F3N4O3. The Balaban J connectivity index is 0. The highest BCUT2D eigenvalue weighted by Gasteiger charge is 2.32. The maximum atomic E-state index is 11.8. The Morgan fingerprint density at radius 3 is 2.21 bits per heavy atom. The first-order valence-corrected chi connectivity index (χ1v) is 4.47. The molecule has 1 rings (SSSR count). The van der Waals surface area contributed by atoms with Crippen molar-refractivity contribution < 1.29 is 27.5 Å². The quantitative estimate of drug-likeness (QED) is 0.694. The van der Waals surface area contributed by atoms with Crippen LogP contribution in [0, 0.1) is 6.92 Å². The molecule has 0 aliphatic carbocycles. The summed E-state index contributed by atoms with van der Waals surface area (Å²) in [4.78, 5) is 17.9. The van der Waals surface area contributed by atoms with Gasteiger partial charge in [0, 0.05) is 6.07 Å². The van der Waals surface area contributed by atoms with E-state index in [4.69, 9.17) is 5.73 Å². The molecule has 0 radical (unpaired) electrons. The van der Waals surface area contributed by atoms with Crippen molar-refractivity contribution in [2.75, 3.05) is 7.11 Å². The number of halogens is 3. The molecule has 7 N–H and O–H groups in total. The minimum Gasteiger partial charge on any atom is -0.388 e. The highest BCUT2D eigenvalue weighted by molar-refractivity contribution is 5.92. The van der Waals surface area contributed by atoms with E-state index in [-0.39, 0.29) is 11.8 Å². The lowest BCUT2D eigenvalue weighted by Crippen LogP contribution is -2.20. The summed E-state index contributed by atoms with van der Waals surface area (Å²) in [6.45, 7) is 1.50. The molecule has 1 aromatic rings. The van der Waals surface area contributed by atoms with Crippen LogP contribution in [-0.2, 0) is 4.84 Å². The van der Waals surface area contributed by atoms with Crippen LogP contribution in [0.25, 0.3) is 0 Å². The number of amides is 1. The van der Waals surface area contributed by atoms with Crippen LogP contribution in [0.1, 0.15) is 16.1 Å². The summed E-state index contributed by atoms with van der Waals surface area (Å²) in [5.74, 6) is 2.74. The van der Waals surface area contributed by atoms with Gasteiger partial charge >= 0.3 is 6.36 Å². The molecule has 1 heterocycles. The minimum atomic E-state index is -4.84. The zero-order valence-electron chi connectivity index (χ0n) is 10.3. The Morgan fingerprint density at radius 1 is 1.37 bits per heavy atom. The molecule has 0 aromatic carbocycles. The molecule has 0 saturated heterocycles. The zero-order chi connectivity index (χ0) is 14.3. The van der Waals surface area contributed by atoms with Crippen molar-refractivity contribution in [1.82, 2.24) is 11.1 Å². The number of hydrogen-bond acceptors (Lipinski definition) is 6. The maximum Gasteiger partial charge on any atom is 0.574 e. The van der Waals surface area contributed by atoms with Gasteiger partial charge in [-0.1, -0.05) is 6.07 Å². The first-order valence-electron chi connectivity index (χ1n) is 4.47. The van der Waals surface area contributed by atoms with E-state index in [1.54, 1.807) is 0 Å². The van der Waals surface area contributed by atoms with Gasteiger partial charge in [-0.15, -0.1) is 13.2 Å². The van der Waals surface area contributed by atoms with Gasteiger partial charge in [-0.3, -0.25) is 4.79 Å². The highest BCUT2D eigenvalue weighted by atomic mass is 19.4. The maximum absolute atomic E-state index is 11.8. The molecule has 0 atom stereocenters. The van der Waals surface area contributed by atoms with Crippen molar-refractivity contribution in [3.8, 4) is 5.88 Å². The van der Waals surface area contributed by atoms with Gasteiger partial charge in [-0.05, 0) is 12.5 Å². The van der Waals surface area contributed by atoms with Crippen molar-refractivity contribution in [2.24, 2.45) is 11.6 Å². The monoisotopic (exact) mass is 284 g/mol. The lowest BCUT2D eigenvalue weighted by Gasteiger charge is -2.09. The summed E-state index contributed by atoms with van der Waals surface area (Å²) in [5, 5.41) is 0. The molecule has 0 aliphatic heterocycles. The van der Waals surface area contributed by atoms with Gasteiger partial charge < -0.3 is 21.5 Å². The Labute approximate surface area is 107 Å². The van der Waals surface area contributed by atoms with Crippen molar-refractivity contribution in [2.45, 2.75) is 13.3 Å². The molecule has 0 bridgehead atoms. The molecule has 0 spiro atoms. The average Bonchev–Trinajstić information content (AvgIpc) is 2.19. The van der Waals surface area contributed by atoms with Gasteiger partial charge in [0.25, 0.3) is 5.91 Å². The Kier molecular flexibility index (Phi) is 8.42. The number of pyridine rings is 1. The molecule has 10 heteroatoms. The highest BCUT2D eigenvalue weighted by Crippen LogP contribution is 2.21. The van der Waals surface area contributed by atoms with E-state index in [9.17, 15) is 18.0 Å². The molecule has 1 amide bonds. The van der Waals surface area contributed by atoms with E-state index < -0.39 is 18.1 Å². The van der Waals surface area contributed by atoms with E-state index in [2.05, 4.69) is 20.5 Å². The van der Waals surface area contributed by atoms with Crippen LogP contribution >= 0.6 is 0 Å². The number of aryl methyl sites for hydroxylation is 1. The normalized spacial score (nSPS) is 9.79. The van der Waals surface area contributed by atoms with E-state index in [1.165, 1.54) is 20.1 Å². The fourth-order valence-corrected chi connectivity index (χ4v) is 0.936. The van der Waals surface area contributed by atoms with Gasteiger partial charge in [-0.2, -0.15) is 0 Å². The predicted octanol–water partition coefficient (Wildman–Crippen LogP) is 1.06. The van der Waals surface area contributed by atoms with Crippen LogP contribution in [0.5, 0.6) is 5.88 Å². The van der Waals surface area contributed by atoms with Gasteiger partial charge in [0.1, 0.15) is 5.69 Å². The number of ether oxygens (including phenoxy) is 1. The molecule has 0 aliphatic rings. The van der Waals surface area contributed by atoms with Crippen LogP contribution in [0.2, 0.25) is 0 Å². The van der Waals surface area contributed by atoms with Gasteiger partial charge in [0.15, 0.2) is 0 Å². The van der Waals surface area contributed by atoms with Crippen molar-refractivity contribution >= 4 is 5.91 Å². The standard InChI is InChI=1S/C8H7F3N2O2.CH5NO.H3N/c1-4-2-3-5(15-8(9,10)11)13-6(4)7(12)14;1-3-2;/h2-3H,1H3,(H2,12,14);2H2,1H3;1H3. The van der Waals surface area contributed by atoms with E-state index in [0.717, 1.165) is 6.07 Å². The number of nitrogens with zero attached hydrogens (tertiary/aromatic N) is 1. The molecule has 110 valence electrons. The molecule has 19 heavy (non-hydrogen) atoms. The third-order valence-electron chi connectivity index (χ3n) is 1.53. The fraction of sp³-hybridized carbons (Fsp3) is 0.333. The number of carbonyl (C=O) groups excluding carboxylic acids is 1. The first-order chi connectivity index (χ1) is 8.21. The number of primary amides is 1. The molecule has 7 nitrogen and oxygen atoms in total. The Morgan fingerprint density at radius 2 is 1.84 bits per heavy atom. The fourth-order valence-electron chi connectivity index (χ4n) is 0.936. The smallest absolute Gasteiger partial charge is 0.388 e. The van der Waals surface area contributed by atoms with Crippen molar-refractivity contribution in [3.63, 3.8) is 0 Å². The van der Waals surface area contributed by atoms with Crippen LogP contribution < -0.4 is 22.5 Å². The van der Waals surface area contributed by atoms with Crippen LogP contribution in [0.4, 0.5) is 13.2 Å². The number of carbonyl (C=O) groups is 1. The lowest BCUT2D eigenvalue weighted by molar-refractivity contribution is -0.276. The third kappa shape index (κ3) is 7.91. The summed E-state index contributed by atoms with van der Waals surface area (Å²) < 4.78 is 38.9. The number of aromatic nitrogens is 1. The summed E-state index contributed by atoms with van der Waals surface area (Å²) in [6.07, 6.45) is -4.84. The molecular weight excluding hydrogens is 269 g/mol. The lowest BCUT2D eigenvalue weighted by atomic mass is 10.2. The Hall–Kier alpha value is -1.91. The molecule has 0 unspecified atom stereocenters. The largest absolute Gasteiger partial charge is 0.574 e. The number of rotatable bonds is 2. The minimum absolute atomic E-state index is 0. The topological polar surface area (TPSA) is 135 Å². The first kappa shape index (κ1) is 19.4. The second kappa shape index (κ2) is 8.24. The van der Waals surface area contributed by atoms with Gasteiger partial charge in [-0.25, -0.2) is 10.9 Å². The molecule has 0 fully saturated rings. The second-order valence-electron chi connectivity index (χ2n) is 2.96. The van der Waals surface area contributed by atoms with Crippen molar-refractivity contribution in [3.05, 3.63) is 23.4 Å². The average molecular weight is 284 g/mol. The third-order valence-corrected chi connectivity index (χ3v) is 1.53. The van der Waals surface area contributed by atoms with E-state index in [1.807, 2.05) is 0 Å². The number of nitrogens with two attached hydrogens (primary N) is 2. The zero-order valence-corrected chi connectivity index (χ0v) is 10.3. The van der Waals surface area contributed by atoms with Crippen LogP contribution in [0.15, 0.2) is 12.1 Å². The number of hydrogen-bond donors (Lipinski definition) is 3. The van der Waals surface area contributed by atoms with Crippen LogP contribution in [-0.4, -0.2) is 24.4 Å². The number of alkyl halides is 3. The molecule has 0 saturated carbocycles. The Bertz CT molecular complexity index is 412. The van der Waals surface area contributed by atoms with Crippen molar-refractivity contribution in [1.29, 1.82) is 0 Å². The van der Waals surface area contributed by atoms with E-state index in [0.29, 0.717) is 5.56 Å². The van der Waals surface area contributed by atoms with E-state index >= 15 is 0 Å². The van der Waals surface area contributed by atoms with Gasteiger partial charge in [0.2, 0.25) is 5.88 Å².